The SMILES string of the molecule is Ic1ccc(CNc2ccccc2-n2cccn2)o1. The van der Waals surface area contributed by atoms with E-state index >= 15 is 0 Å². The molecule has 0 bridgehead atoms. The average Bonchev–Trinajstić information content (AvgIpc) is 3.08. The van der Waals surface area contributed by atoms with Crippen LogP contribution in [0.4, 0.5) is 5.69 Å². The van der Waals surface area contributed by atoms with Crippen molar-refractivity contribution in [3.8, 4) is 5.69 Å². The summed E-state index contributed by atoms with van der Waals surface area (Å²) in [6, 6.07) is 13.9. The quantitative estimate of drug-likeness (QED) is 0.718. The number of anilines is 1. The van der Waals surface area contributed by atoms with Crippen molar-refractivity contribution < 1.29 is 4.42 Å². The number of para-hydroxylation sites is 2. The Bertz CT molecular complexity index is 661. The molecule has 5 heteroatoms. The molecule has 0 unspecified atom stereocenters. The highest BCUT2D eigenvalue weighted by molar-refractivity contribution is 14.1. The first kappa shape index (κ1) is 12.3. The molecule has 0 radical (unpaired) electrons. The molecule has 1 aromatic carbocycles. The zero-order valence-corrected chi connectivity index (χ0v) is 12.2. The van der Waals surface area contributed by atoms with Crippen molar-refractivity contribution in [2.75, 3.05) is 5.32 Å². The molecule has 3 rings (SSSR count). The van der Waals surface area contributed by atoms with Gasteiger partial charge in [-0.15, -0.1) is 0 Å². The van der Waals surface area contributed by atoms with E-state index in [0.29, 0.717) is 6.54 Å². The molecule has 0 aliphatic carbocycles. The topological polar surface area (TPSA) is 43.0 Å². The third-order valence-electron chi connectivity index (χ3n) is 2.74. The lowest BCUT2D eigenvalue weighted by molar-refractivity contribution is 0.493. The number of nitrogens with zero attached hydrogens (tertiary/aromatic N) is 2. The van der Waals surface area contributed by atoms with Crippen molar-refractivity contribution in [3.05, 3.63) is 64.4 Å². The van der Waals surface area contributed by atoms with Gasteiger partial charge < -0.3 is 9.73 Å². The first-order chi connectivity index (χ1) is 9.33. The first-order valence-corrected chi connectivity index (χ1v) is 6.98. The van der Waals surface area contributed by atoms with Crippen LogP contribution in [-0.2, 0) is 6.54 Å². The van der Waals surface area contributed by atoms with E-state index in [2.05, 4.69) is 33.0 Å². The van der Waals surface area contributed by atoms with Crippen LogP contribution in [0.15, 0.2) is 59.3 Å². The molecule has 4 nitrogen and oxygen atoms in total. The van der Waals surface area contributed by atoms with Gasteiger partial charge in [-0.1, -0.05) is 12.1 Å². The van der Waals surface area contributed by atoms with Crippen molar-refractivity contribution in [2.24, 2.45) is 0 Å². The predicted octanol–water partition coefficient (Wildman–Crippen LogP) is 3.68. The van der Waals surface area contributed by atoms with Crippen LogP contribution in [0.25, 0.3) is 5.69 Å². The lowest BCUT2D eigenvalue weighted by Crippen LogP contribution is -2.04. The number of hydrogen-bond donors (Lipinski definition) is 1. The van der Waals surface area contributed by atoms with Gasteiger partial charge in [-0.3, -0.25) is 0 Å². The van der Waals surface area contributed by atoms with Crippen LogP contribution in [0, 0.1) is 3.77 Å². The maximum Gasteiger partial charge on any atom is 0.164 e. The highest BCUT2D eigenvalue weighted by atomic mass is 127. The van der Waals surface area contributed by atoms with Gasteiger partial charge in [0.2, 0.25) is 0 Å². The van der Waals surface area contributed by atoms with Gasteiger partial charge in [0.15, 0.2) is 3.77 Å². The Morgan fingerprint density at radius 2 is 2.05 bits per heavy atom. The fourth-order valence-electron chi connectivity index (χ4n) is 1.86. The summed E-state index contributed by atoms with van der Waals surface area (Å²) in [5.74, 6) is 0.916. The van der Waals surface area contributed by atoms with Crippen LogP contribution in [0.5, 0.6) is 0 Å². The molecule has 0 aliphatic heterocycles. The Balaban J connectivity index is 1.81. The van der Waals surface area contributed by atoms with E-state index in [1.165, 1.54) is 0 Å². The zero-order chi connectivity index (χ0) is 13.1. The van der Waals surface area contributed by atoms with Crippen molar-refractivity contribution in [1.29, 1.82) is 0 Å². The molecule has 0 fully saturated rings. The molecular formula is C14H12IN3O. The van der Waals surface area contributed by atoms with Gasteiger partial charge in [0.25, 0.3) is 0 Å². The van der Waals surface area contributed by atoms with Crippen molar-refractivity contribution in [3.63, 3.8) is 0 Å². The standard InChI is InChI=1S/C14H12IN3O/c15-14-7-6-11(19-14)10-16-12-4-1-2-5-13(12)18-9-3-8-17-18/h1-9,16H,10H2. The predicted molar refractivity (Wildman–Crippen MR) is 82.3 cm³/mol. The molecule has 96 valence electrons. The van der Waals surface area contributed by atoms with Crippen LogP contribution in [0.2, 0.25) is 0 Å². The van der Waals surface area contributed by atoms with E-state index in [-0.39, 0.29) is 0 Å². The fraction of sp³-hybridized carbons (Fsp3) is 0.0714. The minimum atomic E-state index is 0.654. The Morgan fingerprint density at radius 1 is 1.16 bits per heavy atom. The van der Waals surface area contributed by atoms with Crippen LogP contribution in [-0.4, -0.2) is 9.78 Å². The van der Waals surface area contributed by atoms with Gasteiger partial charge in [0, 0.05) is 12.4 Å². The Morgan fingerprint density at radius 3 is 2.79 bits per heavy atom. The van der Waals surface area contributed by atoms with E-state index < -0.39 is 0 Å². The first-order valence-electron chi connectivity index (χ1n) is 5.90. The van der Waals surface area contributed by atoms with Gasteiger partial charge >= 0.3 is 0 Å². The highest BCUT2D eigenvalue weighted by Gasteiger charge is 2.05. The Hall–Kier alpha value is -1.76. The summed E-state index contributed by atoms with van der Waals surface area (Å²) < 4.78 is 8.28. The second-order valence-electron chi connectivity index (χ2n) is 4.03. The number of furan rings is 1. The molecule has 0 aliphatic rings. The maximum atomic E-state index is 5.54. The Labute approximate surface area is 124 Å². The molecule has 0 amide bonds. The summed E-state index contributed by atoms with van der Waals surface area (Å²) in [6.07, 6.45) is 3.70. The molecule has 0 atom stereocenters. The van der Waals surface area contributed by atoms with Crippen LogP contribution in [0.3, 0.4) is 0 Å². The summed E-state index contributed by atoms with van der Waals surface area (Å²) in [4.78, 5) is 0. The van der Waals surface area contributed by atoms with E-state index in [9.17, 15) is 0 Å². The number of benzene rings is 1. The summed E-state index contributed by atoms with van der Waals surface area (Å²) in [5, 5.41) is 7.63. The molecule has 0 saturated carbocycles. The lowest BCUT2D eigenvalue weighted by atomic mass is 10.2. The smallest absolute Gasteiger partial charge is 0.164 e. The van der Waals surface area contributed by atoms with Crippen LogP contribution >= 0.6 is 22.6 Å². The van der Waals surface area contributed by atoms with E-state index in [1.807, 2.05) is 53.3 Å². The van der Waals surface area contributed by atoms with Gasteiger partial charge in [0.05, 0.1) is 17.9 Å². The van der Waals surface area contributed by atoms with Crippen molar-refractivity contribution in [2.45, 2.75) is 6.54 Å². The molecule has 19 heavy (non-hydrogen) atoms. The van der Waals surface area contributed by atoms with Crippen molar-refractivity contribution >= 4 is 28.3 Å². The highest BCUT2D eigenvalue weighted by Crippen LogP contribution is 2.20. The maximum absolute atomic E-state index is 5.54. The molecule has 2 aromatic heterocycles. The van der Waals surface area contributed by atoms with Gasteiger partial charge in [-0.05, 0) is 52.9 Å². The summed E-state index contributed by atoms with van der Waals surface area (Å²) in [6.45, 7) is 0.654. The molecule has 0 spiro atoms. The number of aromatic nitrogens is 2. The Kier molecular flexibility index (Phi) is 3.54. The summed E-state index contributed by atoms with van der Waals surface area (Å²) in [5.41, 5.74) is 2.05. The van der Waals surface area contributed by atoms with Crippen LogP contribution in [0.1, 0.15) is 5.76 Å². The second kappa shape index (κ2) is 5.48. The second-order valence-corrected chi connectivity index (χ2v) is 5.09. The number of hydrogen-bond acceptors (Lipinski definition) is 3. The molecule has 2 heterocycles. The lowest BCUT2D eigenvalue weighted by Gasteiger charge is -2.10. The minimum Gasteiger partial charge on any atom is -0.454 e. The number of nitrogens with one attached hydrogen (secondary N) is 1. The molecular weight excluding hydrogens is 353 g/mol. The van der Waals surface area contributed by atoms with Crippen LogP contribution < -0.4 is 5.32 Å². The largest absolute Gasteiger partial charge is 0.454 e. The van der Waals surface area contributed by atoms with Gasteiger partial charge in [-0.25, -0.2) is 4.68 Å². The third-order valence-corrected chi connectivity index (χ3v) is 3.32. The normalized spacial score (nSPS) is 10.6. The third kappa shape index (κ3) is 2.81. The fourth-order valence-corrected chi connectivity index (χ4v) is 2.33. The summed E-state index contributed by atoms with van der Waals surface area (Å²) in [7, 11) is 0. The summed E-state index contributed by atoms with van der Waals surface area (Å²) >= 11 is 2.16. The monoisotopic (exact) mass is 365 g/mol. The van der Waals surface area contributed by atoms with E-state index in [1.54, 1.807) is 6.20 Å². The van der Waals surface area contributed by atoms with Crippen molar-refractivity contribution in [1.82, 2.24) is 9.78 Å². The number of rotatable bonds is 4. The van der Waals surface area contributed by atoms with E-state index in [4.69, 9.17) is 4.42 Å². The zero-order valence-electron chi connectivity index (χ0n) is 10.1. The van der Waals surface area contributed by atoms with Gasteiger partial charge in [0.1, 0.15) is 5.76 Å². The minimum absolute atomic E-state index is 0.654. The average molecular weight is 365 g/mol. The molecule has 3 aromatic rings. The molecule has 1 N–H and O–H groups in total. The van der Waals surface area contributed by atoms with Gasteiger partial charge in [-0.2, -0.15) is 5.10 Å². The number of halogens is 1. The van der Waals surface area contributed by atoms with E-state index in [0.717, 1.165) is 20.9 Å². The molecule has 0 saturated heterocycles.